The molecule has 7 heteroatoms. The standard InChI is InChI=1S/C20H18N4O3/c25-20(17-6-5-15-3-1-2-4-16(15)13-17)23-11-9-22(10-12-23)19-8-7-18(14-21-19)24(26)27/h1-8,13-14H,9-12H2. The van der Waals surface area contributed by atoms with Crippen LogP contribution in [0.2, 0.25) is 0 Å². The van der Waals surface area contributed by atoms with Gasteiger partial charge in [-0.2, -0.15) is 0 Å². The van der Waals surface area contributed by atoms with E-state index in [4.69, 9.17) is 0 Å². The van der Waals surface area contributed by atoms with Crippen LogP contribution in [0.15, 0.2) is 60.8 Å². The molecule has 0 radical (unpaired) electrons. The van der Waals surface area contributed by atoms with Crippen LogP contribution < -0.4 is 4.90 Å². The number of nitrogens with zero attached hydrogens (tertiary/aromatic N) is 4. The first-order chi connectivity index (χ1) is 13.1. The maximum Gasteiger partial charge on any atom is 0.287 e. The fraction of sp³-hybridized carbons (Fsp3) is 0.200. The summed E-state index contributed by atoms with van der Waals surface area (Å²) in [5.41, 5.74) is 0.666. The number of carbonyl (C=O) groups is 1. The van der Waals surface area contributed by atoms with E-state index in [1.54, 1.807) is 6.07 Å². The largest absolute Gasteiger partial charge is 0.353 e. The van der Waals surface area contributed by atoms with E-state index >= 15 is 0 Å². The Morgan fingerprint density at radius 2 is 1.70 bits per heavy atom. The molecule has 136 valence electrons. The zero-order valence-electron chi connectivity index (χ0n) is 14.6. The average Bonchev–Trinajstić information content (AvgIpc) is 2.73. The van der Waals surface area contributed by atoms with Crippen LogP contribution >= 0.6 is 0 Å². The first-order valence-corrected chi connectivity index (χ1v) is 8.75. The summed E-state index contributed by atoms with van der Waals surface area (Å²) in [5, 5.41) is 12.9. The van der Waals surface area contributed by atoms with Crippen LogP contribution in [0.4, 0.5) is 11.5 Å². The molecule has 3 aromatic rings. The highest BCUT2D eigenvalue weighted by Gasteiger charge is 2.23. The summed E-state index contributed by atoms with van der Waals surface area (Å²) < 4.78 is 0. The second kappa shape index (κ2) is 7.03. The summed E-state index contributed by atoms with van der Waals surface area (Å²) in [6.45, 7) is 2.46. The van der Waals surface area contributed by atoms with Crippen LogP contribution in [-0.4, -0.2) is 46.9 Å². The number of benzene rings is 2. The van der Waals surface area contributed by atoms with Crippen LogP contribution in [0.5, 0.6) is 0 Å². The normalized spacial score (nSPS) is 14.4. The van der Waals surface area contributed by atoms with Gasteiger partial charge in [0.2, 0.25) is 0 Å². The smallest absolute Gasteiger partial charge is 0.287 e. The van der Waals surface area contributed by atoms with Gasteiger partial charge < -0.3 is 9.80 Å². The molecule has 7 nitrogen and oxygen atoms in total. The van der Waals surface area contributed by atoms with E-state index < -0.39 is 4.92 Å². The van der Waals surface area contributed by atoms with E-state index in [0.29, 0.717) is 37.6 Å². The lowest BCUT2D eigenvalue weighted by molar-refractivity contribution is -0.385. The summed E-state index contributed by atoms with van der Waals surface area (Å²) in [6, 6.07) is 16.9. The van der Waals surface area contributed by atoms with Gasteiger partial charge in [0.15, 0.2) is 0 Å². The number of amides is 1. The van der Waals surface area contributed by atoms with E-state index in [9.17, 15) is 14.9 Å². The van der Waals surface area contributed by atoms with Gasteiger partial charge in [0.25, 0.3) is 11.6 Å². The lowest BCUT2D eigenvalue weighted by atomic mass is 10.1. The van der Waals surface area contributed by atoms with E-state index in [1.807, 2.05) is 52.3 Å². The second-order valence-electron chi connectivity index (χ2n) is 6.47. The average molecular weight is 362 g/mol. The zero-order chi connectivity index (χ0) is 18.8. The molecular weight excluding hydrogens is 344 g/mol. The molecular formula is C20H18N4O3. The van der Waals surface area contributed by atoms with Gasteiger partial charge in [-0.1, -0.05) is 30.3 Å². The molecule has 1 saturated heterocycles. The summed E-state index contributed by atoms with van der Waals surface area (Å²) in [7, 11) is 0. The number of hydrogen-bond donors (Lipinski definition) is 0. The van der Waals surface area contributed by atoms with Crippen molar-refractivity contribution in [1.82, 2.24) is 9.88 Å². The highest BCUT2D eigenvalue weighted by atomic mass is 16.6. The Hall–Kier alpha value is -3.48. The van der Waals surface area contributed by atoms with Crippen molar-refractivity contribution in [3.8, 4) is 0 Å². The van der Waals surface area contributed by atoms with E-state index in [0.717, 1.165) is 10.8 Å². The summed E-state index contributed by atoms with van der Waals surface area (Å²) in [6.07, 6.45) is 1.27. The number of piperazine rings is 1. The summed E-state index contributed by atoms with van der Waals surface area (Å²) >= 11 is 0. The highest BCUT2D eigenvalue weighted by molar-refractivity contribution is 5.98. The van der Waals surface area contributed by atoms with Crippen molar-refractivity contribution in [2.45, 2.75) is 0 Å². The Morgan fingerprint density at radius 3 is 2.37 bits per heavy atom. The predicted molar refractivity (Wildman–Crippen MR) is 103 cm³/mol. The van der Waals surface area contributed by atoms with Gasteiger partial charge >= 0.3 is 0 Å². The number of fused-ring (bicyclic) bond motifs is 1. The van der Waals surface area contributed by atoms with Gasteiger partial charge in [-0.05, 0) is 29.0 Å². The lowest BCUT2D eigenvalue weighted by Gasteiger charge is -2.35. The number of aromatic nitrogens is 1. The Bertz CT molecular complexity index is 996. The monoisotopic (exact) mass is 362 g/mol. The van der Waals surface area contributed by atoms with Gasteiger partial charge in [-0.3, -0.25) is 14.9 Å². The minimum atomic E-state index is -0.461. The Morgan fingerprint density at radius 1 is 0.963 bits per heavy atom. The molecule has 2 heterocycles. The number of hydrogen-bond acceptors (Lipinski definition) is 5. The summed E-state index contributed by atoms with van der Waals surface area (Å²) in [5.74, 6) is 0.718. The van der Waals surface area contributed by atoms with Crippen molar-refractivity contribution >= 4 is 28.2 Å². The number of carbonyl (C=O) groups excluding carboxylic acids is 1. The molecule has 1 aliphatic rings. The van der Waals surface area contributed by atoms with Crippen molar-refractivity contribution in [1.29, 1.82) is 0 Å². The molecule has 4 rings (SSSR count). The van der Waals surface area contributed by atoms with Crippen LogP contribution in [0.25, 0.3) is 10.8 Å². The van der Waals surface area contributed by atoms with Crippen molar-refractivity contribution in [3.63, 3.8) is 0 Å². The minimum Gasteiger partial charge on any atom is -0.353 e. The number of nitro groups is 1. The molecule has 0 aliphatic carbocycles. The van der Waals surface area contributed by atoms with Gasteiger partial charge in [-0.25, -0.2) is 4.98 Å². The Kier molecular flexibility index (Phi) is 4.42. The van der Waals surface area contributed by atoms with Crippen LogP contribution in [-0.2, 0) is 0 Å². The van der Waals surface area contributed by atoms with Crippen molar-refractivity contribution in [3.05, 3.63) is 76.5 Å². The van der Waals surface area contributed by atoms with Crippen LogP contribution in [0.1, 0.15) is 10.4 Å². The molecule has 1 aromatic heterocycles. The van der Waals surface area contributed by atoms with Gasteiger partial charge in [0.1, 0.15) is 12.0 Å². The van der Waals surface area contributed by atoms with E-state index in [2.05, 4.69) is 4.98 Å². The molecule has 1 aliphatic heterocycles. The highest BCUT2D eigenvalue weighted by Crippen LogP contribution is 2.20. The maximum absolute atomic E-state index is 12.8. The third-order valence-corrected chi connectivity index (χ3v) is 4.83. The number of anilines is 1. The second-order valence-corrected chi connectivity index (χ2v) is 6.47. The third kappa shape index (κ3) is 3.44. The van der Waals surface area contributed by atoms with Crippen molar-refractivity contribution in [2.24, 2.45) is 0 Å². The van der Waals surface area contributed by atoms with Crippen molar-refractivity contribution in [2.75, 3.05) is 31.1 Å². The predicted octanol–water partition coefficient (Wildman–Crippen LogP) is 3.11. The van der Waals surface area contributed by atoms with Gasteiger partial charge in [0, 0.05) is 37.8 Å². The quantitative estimate of drug-likeness (QED) is 0.528. The molecule has 0 N–H and O–H groups in total. The first kappa shape index (κ1) is 17.0. The fourth-order valence-corrected chi connectivity index (χ4v) is 3.32. The molecule has 1 amide bonds. The summed E-state index contributed by atoms with van der Waals surface area (Å²) in [4.78, 5) is 31.1. The molecule has 0 unspecified atom stereocenters. The van der Waals surface area contributed by atoms with Gasteiger partial charge in [-0.15, -0.1) is 0 Å². The van der Waals surface area contributed by atoms with E-state index in [-0.39, 0.29) is 11.6 Å². The number of pyridine rings is 1. The first-order valence-electron chi connectivity index (χ1n) is 8.75. The molecule has 2 aromatic carbocycles. The van der Waals surface area contributed by atoms with Crippen molar-refractivity contribution < 1.29 is 9.72 Å². The third-order valence-electron chi connectivity index (χ3n) is 4.83. The zero-order valence-corrected chi connectivity index (χ0v) is 14.6. The fourth-order valence-electron chi connectivity index (χ4n) is 3.32. The minimum absolute atomic E-state index is 0.0242. The topological polar surface area (TPSA) is 79.6 Å². The maximum atomic E-state index is 12.8. The number of rotatable bonds is 3. The van der Waals surface area contributed by atoms with Crippen LogP contribution in [0.3, 0.4) is 0 Å². The Balaban J connectivity index is 1.43. The van der Waals surface area contributed by atoms with E-state index in [1.165, 1.54) is 12.3 Å². The molecule has 0 spiro atoms. The van der Waals surface area contributed by atoms with Gasteiger partial charge in [0.05, 0.1) is 4.92 Å². The Labute approximate surface area is 156 Å². The molecule has 0 atom stereocenters. The SMILES string of the molecule is O=C(c1ccc2ccccc2c1)N1CCN(c2ccc([N+](=O)[O-])cn2)CC1. The molecule has 27 heavy (non-hydrogen) atoms. The molecule has 0 bridgehead atoms. The molecule has 1 fully saturated rings. The lowest BCUT2D eigenvalue weighted by Crippen LogP contribution is -2.49. The van der Waals surface area contributed by atoms with Crippen LogP contribution in [0, 0.1) is 10.1 Å². The molecule has 0 saturated carbocycles.